The van der Waals surface area contributed by atoms with Crippen LogP contribution in [0.25, 0.3) is 0 Å². The van der Waals surface area contributed by atoms with E-state index in [9.17, 15) is 9.18 Å². The Balaban J connectivity index is 3.20. The lowest BCUT2D eigenvalue weighted by Gasteiger charge is -1.96. The van der Waals surface area contributed by atoms with Crippen molar-refractivity contribution >= 4 is 21.8 Å². The quantitative estimate of drug-likeness (QED) is 0.768. The molecule has 1 heterocycles. The van der Waals surface area contributed by atoms with E-state index in [-0.39, 0.29) is 10.2 Å². The van der Waals surface area contributed by atoms with Crippen LogP contribution in [-0.2, 0) is 0 Å². The highest BCUT2D eigenvalue weighted by atomic mass is 79.9. The lowest BCUT2D eigenvalue weighted by atomic mass is 10.3. The second-order valence-electron chi connectivity index (χ2n) is 1.85. The van der Waals surface area contributed by atoms with Crippen molar-refractivity contribution in [2.75, 3.05) is 0 Å². The van der Waals surface area contributed by atoms with Crippen LogP contribution in [0.4, 0.5) is 4.39 Å². The summed E-state index contributed by atoms with van der Waals surface area (Å²) in [4.78, 5) is 14.0. The number of carbonyl (C=O) groups excluding carboxylic acids is 1. The zero-order valence-electron chi connectivity index (χ0n) is 5.34. The van der Waals surface area contributed by atoms with E-state index in [1.165, 1.54) is 0 Å². The number of nitrogens with two attached hydrogens (primary N) is 1. The Morgan fingerprint density at radius 3 is 2.82 bits per heavy atom. The second kappa shape index (κ2) is 2.96. The van der Waals surface area contributed by atoms with Crippen LogP contribution in [0.1, 0.15) is 10.5 Å². The second-order valence-corrected chi connectivity index (χ2v) is 2.70. The van der Waals surface area contributed by atoms with Crippen molar-refractivity contribution in [3.8, 4) is 0 Å². The molecule has 0 aromatic carbocycles. The van der Waals surface area contributed by atoms with E-state index in [4.69, 9.17) is 5.73 Å². The van der Waals surface area contributed by atoms with E-state index in [0.717, 1.165) is 12.3 Å². The zero-order valence-corrected chi connectivity index (χ0v) is 6.93. The number of halogens is 2. The molecule has 0 bridgehead atoms. The average Bonchev–Trinajstić information content (AvgIpc) is 1.85. The Labute approximate surface area is 70.6 Å². The van der Waals surface area contributed by atoms with Crippen molar-refractivity contribution < 1.29 is 9.18 Å². The van der Waals surface area contributed by atoms with Crippen LogP contribution in [-0.4, -0.2) is 10.9 Å². The number of hydrogen-bond acceptors (Lipinski definition) is 2. The van der Waals surface area contributed by atoms with E-state index in [1.807, 2.05) is 0 Å². The predicted octanol–water partition coefficient (Wildman–Crippen LogP) is 1.08. The van der Waals surface area contributed by atoms with E-state index in [2.05, 4.69) is 20.9 Å². The number of carbonyl (C=O) groups is 1. The highest BCUT2D eigenvalue weighted by molar-refractivity contribution is 9.10. The highest BCUT2D eigenvalue weighted by Gasteiger charge is 2.07. The molecule has 0 saturated carbocycles. The zero-order chi connectivity index (χ0) is 8.43. The van der Waals surface area contributed by atoms with Crippen LogP contribution in [0.2, 0.25) is 0 Å². The predicted molar refractivity (Wildman–Crippen MR) is 40.4 cm³/mol. The van der Waals surface area contributed by atoms with E-state index in [1.54, 1.807) is 0 Å². The first kappa shape index (κ1) is 8.13. The van der Waals surface area contributed by atoms with Gasteiger partial charge in [-0.3, -0.25) is 4.79 Å². The maximum Gasteiger partial charge on any atom is 0.268 e. The molecule has 0 saturated heterocycles. The molecule has 0 atom stereocenters. The topological polar surface area (TPSA) is 56.0 Å². The summed E-state index contributed by atoms with van der Waals surface area (Å²) in [5, 5.41) is 0. The Morgan fingerprint density at radius 2 is 2.36 bits per heavy atom. The van der Waals surface area contributed by atoms with Gasteiger partial charge in [0.25, 0.3) is 5.91 Å². The van der Waals surface area contributed by atoms with Gasteiger partial charge in [-0.25, -0.2) is 9.37 Å². The van der Waals surface area contributed by atoms with Gasteiger partial charge in [-0.2, -0.15) is 0 Å². The van der Waals surface area contributed by atoms with E-state index in [0.29, 0.717) is 0 Å². The van der Waals surface area contributed by atoms with Gasteiger partial charge >= 0.3 is 0 Å². The molecule has 5 heteroatoms. The summed E-state index contributed by atoms with van der Waals surface area (Å²) >= 11 is 2.94. The molecular formula is C6H4BrFN2O. The lowest BCUT2D eigenvalue weighted by molar-refractivity contribution is 0.0994. The molecule has 58 valence electrons. The number of primary amides is 1. The van der Waals surface area contributed by atoms with Crippen molar-refractivity contribution in [2.45, 2.75) is 0 Å². The van der Waals surface area contributed by atoms with Crippen molar-refractivity contribution in [1.29, 1.82) is 0 Å². The molecule has 0 aliphatic rings. The molecule has 1 aromatic rings. The van der Waals surface area contributed by atoms with Crippen LogP contribution in [0.5, 0.6) is 0 Å². The minimum absolute atomic E-state index is 0.0337. The van der Waals surface area contributed by atoms with Crippen LogP contribution in [0.15, 0.2) is 16.7 Å². The highest BCUT2D eigenvalue weighted by Crippen LogP contribution is 2.14. The Hall–Kier alpha value is -0.970. The van der Waals surface area contributed by atoms with Crippen LogP contribution in [0, 0.1) is 5.82 Å². The summed E-state index contributed by atoms with van der Waals surface area (Å²) in [7, 11) is 0. The maximum absolute atomic E-state index is 12.4. The maximum atomic E-state index is 12.4. The van der Waals surface area contributed by atoms with Crippen LogP contribution in [0.3, 0.4) is 0 Å². The molecule has 2 N–H and O–H groups in total. The van der Waals surface area contributed by atoms with Gasteiger partial charge in [0.2, 0.25) is 0 Å². The number of hydrogen-bond donors (Lipinski definition) is 1. The fourth-order valence-electron chi connectivity index (χ4n) is 0.596. The number of rotatable bonds is 1. The summed E-state index contributed by atoms with van der Waals surface area (Å²) in [6.07, 6.45) is 0.935. The van der Waals surface area contributed by atoms with Gasteiger partial charge in [-0.15, -0.1) is 0 Å². The van der Waals surface area contributed by atoms with Gasteiger partial charge in [-0.05, 0) is 22.0 Å². The molecule has 0 fully saturated rings. The molecule has 0 unspecified atom stereocenters. The monoisotopic (exact) mass is 218 g/mol. The summed E-state index contributed by atoms with van der Waals surface area (Å²) in [6, 6.07) is 1.13. The summed E-state index contributed by atoms with van der Waals surface area (Å²) in [5.41, 5.74) is 4.94. The SMILES string of the molecule is NC(=O)c1ncc(F)cc1Br. The standard InChI is InChI=1S/C6H4BrFN2O/c7-4-1-3(8)2-10-5(4)6(9)11/h1-2H,(H2,9,11). The molecule has 11 heavy (non-hydrogen) atoms. The van der Waals surface area contributed by atoms with Crippen molar-refractivity contribution in [1.82, 2.24) is 4.98 Å². The van der Waals surface area contributed by atoms with E-state index < -0.39 is 11.7 Å². The summed E-state index contributed by atoms with van der Waals surface area (Å²) in [6.45, 7) is 0. The van der Waals surface area contributed by atoms with Gasteiger partial charge in [0.1, 0.15) is 11.5 Å². The van der Waals surface area contributed by atoms with Gasteiger partial charge in [0, 0.05) is 0 Å². The van der Waals surface area contributed by atoms with Crippen molar-refractivity contribution in [3.05, 3.63) is 28.2 Å². The molecule has 0 aliphatic heterocycles. The van der Waals surface area contributed by atoms with Crippen LogP contribution < -0.4 is 5.73 Å². The fourth-order valence-corrected chi connectivity index (χ4v) is 1.11. The Morgan fingerprint density at radius 1 is 1.73 bits per heavy atom. The average molecular weight is 219 g/mol. The third kappa shape index (κ3) is 1.74. The first-order valence-electron chi connectivity index (χ1n) is 2.72. The minimum atomic E-state index is -0.683. The third-order valence-corrected chi connectivity index (χ3v) is 1.65. The molecule has 3 nitrogen and oxygen atoms in total. The van der Waals surface area contributed by atoms with Gasteiger partial charge in [0.05, 0.1) is 10.7 Å². The fraction of sp³-hybridized carbons (Fsp3) is 0. The van der Waals surface area contributed by atoms with Crippen molar-refractivity contribution in [3.63, 3.8) is 0 Å². The van der Waals surface area contributed by atoms with E-state index >= 15 is 0 Å². The van der Waals surface area contributed by atoms with Gasteiger partial charge < -0.3 is 5.73 Å². The van der Waals surface area contributed by atoms with Gasteiger partial charge in [0.15, 0.2) is 0 Å². The lowest BCUT2D eigenvalue weighted by Crippen LogP contribution is -2.13. The first-order chi connectivity index (χ1) is 5.11. The number of pyridine rings is 1. The third-order valence-electron chi connectivity index (χ3n) is 1.04. The molecule has 0 aliphatic carbocycles. The normalized spacial score (nSPS) is 9.64. The van der Waals surface area contributed by atoms with Gasteiger partial charge in [-0.1, -0.05) is 0 Å². The molecule has 1 aromatic heterocycles. The largest absolute Gasteiger partial charge is 0.364 e. The number of nitrogens with zero attached hydrogens (tertiary/aromatic N) is 1. The Kier molecular flexibility index (Phi) is 2.19. The smallest absolute Gasteiger partial charge is 0.268 e. The van der Waals surface area contributed by atoms with Crippen LogP contribution >= 0.6 is 15.9 Å². The molecular weight excluding hydrogens is 215 g/mol. The summed E-state index contributed by atoms with van der Waals surface area (Å²) in [5.74, 6) is -1.20. The molecule has 0 spiro atoms. The van der Waals surface area contributed by atoms with Crippen molar-refractivity contribution in [2.24, 2.45) is 5.73 Å². The number of aromatic nitrogens is 1. The molecule has 1 rings (SSSR count). The Bertz CT molecular complexity index is 303. The minimum Gasteiger partial charge on any atom is -0.364 e. The first-order valence-corrected chi connectivity index (χ1v) is 3.51. The molecule has 0 radical (unpaired) electrons. The number of amides is 1. The molecule has 1 amide bonds. The summed E-state index contributed by atoms with van der Waals surface area (Å²) < 4.78 is 12.6.